The van der Waals surface area contributed by atoms with Crippen molar-refractivity contribution < 1.29 is 29.3 Å². The summed E-state index contributed by atoms with van der Waals surface area (Å²) in [6, 6.07) is 18.7. The van der Waals surface area contributed by atoms with Crippen molar-refractivity contribution in [3.63, 3.8) is 0 Å². The van der Waals surface area contributed by atoms with Crippen molar-refractivity contribution in [1.29, 1.82) is 0 Å². The van der Waals surface area contributed by atoms with Gasteiger partial charge in [0.15, 0.2) is 0 Å². The van der Waals surface area contributed by atoms with Gasteiger partial charge in [-0.3, -0.25) is 14.5 Å². The maximum Gasteiger partial charge on any atom is 0.300 e. The summed E-state index contributed by atoms with van der Waals surface area (Å²) in [4.78, 5) is 27.6. The Hall–Kier alpha value is -4.26. The number of phenolic OH excluding ortho intramolecular Hbond substituents is 1. The third-order valence-electron chi connectivity index (χ3n) is 5.32. The van der Waals surface area contributed by atoms with E-state index in [1.807, 2.05) is 0 Å². The van der Waals surface area contributed by atoms with Crippen LogP contribution in [0.25, 0.3) is 5.76 Å². The predicted octanol–water partition coefficient (Wildman–Crippen LogP) is 4.04. The summed E-state index contributed by atoms with van der Waals surface area (Å²) in [6.45, 7) is 0. The monoisotopic (exact) mass is 431 g/mol. The first-order chi connectivity index (χ1) is 15.5. The Labute approximate surface area is 184 Å². The average molecular weight is 431 g/mol. The van der Waals surface area contributed by atoms with Crippen molar-refractivity contribution >= 4 is 23.1 Å². The number of benzene rings is 3. The van der Waals surface area contributed by atoms with Gasteiger partial charge in [0, 0.05) is 11.8 Å². The van der Waals surface area contributed by atoms with Gasteiger partial charge in [-0.05, 0) is 42.0 Å². The summed E-state index contributed by atoms with van der Waals surface area (Å²) in [6.07, 6.45) is 0. The molecule has 0 bridgehead atoms. The number of amides is 1. The first-order valence-electron chi connectivity index (χ1n) is 9.83. The van der Waals surface area contributed by atoms with Crippen LogP contribution in [0.4, 0.5) is 5.69 Å². The van der Waals surface area contributed by atoms with Gasteiger partial charge in [0.25, 0.3) is 11.7 Å². The molecule has 1 aliphatic rings. The molecule has 2 N–H and O–H groups in total. The van der Waals surface area contributed by atoms with Crippen LogP contribution in [0, 0.1) is 0 Å². The van der Waals surface area contributed by atoms with Crippen LogP contribution in [0.2, 0.25) is 0 Å². The van der Waals surface area contributed by atoms with E-state index in [-0.39, 0.29) is 22.6 Å². The molecule has 0 aromatic heterocycles. The molecule has 1 amide bonds. The van der Waals surface area contributed by atoms with E-state index in [2.05, 4.69) is 0 Å². The minimum atomic E-state index is -0.973. The van der Waals surface area contributed by atoms with E-state index in [4.69, 9.17) is 9.47 Å². The summed E-state index contributed by atoms with van der Waals surface area (Å²) in [5.41, 5.74) is 1.05. The second kappa shape index (κ2) is 8.47. The third-order valence-corrected chi connectivity index (χ3v) is 5.32. The van der Waals surface area contributed by atoms with Crippen LogP contribution >= 0.6 is 0 Å². The van der Waals surface area contributed by atoms with Crippen LogP contribution in [0.15, 0.2) is 78.4 Å². The predicted molar refractivity (Wildman–Crippen MR) is 119 cm³/mol. The summed E-state index contributed by atoms with van der Waals surface area (Å²) >= 11 is 0. The number of Topliss-reactive ketones (excluding diaryl/α,β-unsaturated/α-hetero) is 1. The summed E-state index contributed by atoms with van der Waals surface area (Å²) in [7, 11) is 2.95. The lowest BCUT2D eigenvalue weighted by molar-refractivity contribution is -0.132. The van der Waals surface area contributed by atoms with E-state index in [0.29, 0.717) is 22.7 Å². The number of ether oxygens (including phenoxy) is 2. The van der Waals surface area contributed by atoms with Gasteiger partial charge in [0.2, 0.25) is 0 Å². The number of carbonyl (C=O) groups is 2. The number of methoxy groups -OCH3 is 2. The Balaban J connectivity index is 1.98. The van der Waals surface area contributed by atoms with Gasteiger partial charge in [0.05, 0.1) is 31.4 Å². The highest BCUT2D eigenvalue weighted by molar-refractivity contribution is 6.51. The molecule has 1 unspecified atom stereocenters. The Kier molecular flexibility index (Phi) is 5.55. The lowest BCUT2D eigenvalue weighted by Crippen LogP contribution is -2.29. The second-order valence-corrected chi connectivity index (χ2v) is 7.17. The fraction of sp³-hybridized carbons (Fsp3) is 0.120. The number of aromatic hydroxyl groups is 1. The van der Waals surface area contributed by atoms with E-state index >= 15 is 0 Å². The van der Waals surface area contributed by atoms with E-state index in [1.165, 1.54) is 31.3 Å². The number of ketones is 1. The van der Waals surface area contributed by atoms with Gasteiger partial charge in [-0.2, -0.15) is 0 Å². The molecule has 0 radical (unpaired) electrons. The number of anilines is 1. The molecule has 0 spiro atoms. The Morgan fingerprint density at radius 3 is 2.38 bits per heavy atom. The molecule has 0 saturated carbocycles. The molecule has 1 fully saturated rings. The van der Waals surface area contributed by atoms with Crippen LogP contribution in [0.5, 0.6) is 17.2 Å². The van der Waals surface area contributed by atoms with Crippen molar-refractivity contribution in [3.05, 3.63) is 89.5 Å². The van der Waals surface area contributed by atoms with Crippen LogP contribution in [0.1, 0.15) is 17.2 Å². The molecule has 1 heterocycles. The number of nitrogens with zero attached hydrogens (tertiary/aromatic N) is 1. The van der Waals surface area contributed by atoms with Gasteiger partial charge < -0.3 is 19.7 Å². The topological polar surface area (TPSA) is 96.3 Å². The maximum absolute atomic E-state index is 13.2. The van der Waals surface area contributed by atoms with Gasteiger partial charge in [0.1, 0.15) is 23.0 Å². The quantitative estimate of drug-likeness (QED) is 0.360. The molecule has 1 aliphatic heterocycles. The highest BCUT2D eigenvalue weighted by Gasteiger charge is 2.47. The van der Waals surface area contributed by atoms with E-state index < -0.39 is 17.7 Å². The molecule has 162 valence electrons. The van der Waals surface area contributed by atoms with E-state index in [9.17, 15) is 19.8 Å². The lowest BCUT2D eigenvalue weighted by atomic mass is 9.94. The molecule has 32 heavy (non-hydrogen) atoms. The molecule has 3 aromatic carbocycles. The number of rotatable bonds is 5. The van der Waals surface area contributed by atoms with Crippen LogP contribution < -0.4 is 14.4 Å². The fourth-order valence-electron chi connectivity index (χ4n) is 3.85. The lowest BCUT2D eigenvalue weighted by Gasteiger charge is -2.26. The average Bonchev–Trinajstić information content (AvgIpc) is 3.09. The second-order valence-electron chi connectivity index (χ2n) is 7.17. The smallest absolute Gasteiger partial charge is 0.300 e. The number of carbonyl (C=O) groups excluding carboxylic acids is 2. The number of hydrogen-bond donors (Lipinski definition) is 2. The molecule has 7 nitrogen and oxygen atoms in total. The highest BCUT2D eigenvalue weighted by Crippen LogP contribution is 2.44. The fourth-order valence-corrected chi connectivity index (χ4v) is 3.85. The molecule has 3 aromatic rings. The van der Waals surface area contributed by atoms with Crippen molar-refractivity contribution in [2.75, 3.05) is 19.1 Å². The molecule has 0 aliphatic carbocycles. The Bertz CT molecular complexity index is 1230. The molecule has 7 heteroatoms. The zero-order chi connectivity index (χ0) is 22.8. The summed E-state index contributed by atoms with van der Waals surface area (Å²) < 4.78 is 10.6. The Morgan fingerprint density at radius 2 is 1.66 bits per heavy atom. The first-order valence-corrected chi connectivity index (χ1v) is 9.83. The largest absolute Gasteiger partial charge is 0.508 e. The summed E-state index contributed by atoms with van der Waals surface area (Å²) in [5.74, 6) is -1.18. The number of aliphatic hydroxyl groups excluding tert-OH is 1. The number of hydrogen-bond acceptors (Lipinski definition) is 6. The SMILES string of the molecule is COc1cccc(N2C(=O)C(=O)/C(=C(/O)c3ccccc3OC)C2c2cccc(O)c2)c1. The minimum Gasteiger partial charge on any atom is -0.508 e. The molecule has 1 atom stereocenters. The Morgan fingerprint density at radius 1 is 0.906 bits per heavy atom. The zero-order valence-corrected chi connectivity index (χ0v) is 17.5. The van der Waals surface area contributed by atoms with Crippen molar-refractivity contribution in [3.8, 4) is 17.2 Å². The van der Waals surface area contributed by atoms with Crippen LogP contribution in [-0.4, -0.2) is 36.1 Å². The minimum absolute atomic E-state index is 0.0315. The molecular formula is C25H21NO6. The van der Waals surface area contributed by atoms with Gasteiger partial charge in [-0.1, -0.05) is 30.3 Å². The zero-order valence-electron chi connectivity index (χ0n) is 17.5. The van der Waals surface area contributed by atoms with Gasteiger partial charge in [-0.15, -0.1) is 0 Å². The highest BCUT2D eigenvalue weighted by atomic mass is 16.5. The van der Waals surface area contributed by atoms with Crippen LogP contribution in [0.3, 0.4) is 0 Å². The maximum atomic E-state index is 13.2. The van der Waals surface area contributed by atoms with Crippen molar-refractivity contribution in [1.82, 2.24) is 0 Å². The molecule has 1 saturated heterocycles. The standard InChI is InChI=1S/C25H21NO6/c1-31-18-10-6-8-16(14-18)26-22(15-7-5-9-17(27)13-15)21(24(29)25(26)30)23(28)19-11-3-4-12-20(19)32-2/h3-14,22,27-28H,1-2H3/b23-21+. The molecule has 4 rings (SSSR count). The number of phenols is 1. The number of aliphatic hydroxyl groups is 1. The van der Waals surface area contributed by atoms with Crippen molar-refractivity contribution in [2.24, 2.45) is 0 Å². The molecular weight excluding hydrogens is 410 g/mol. The van der Waals surface area contributed by atoms with E-state index in [0.717, 1.165) is 0 Å². The first kappa shape index (κ1) is 21.0. The van der Waals surface area contributed by atoms with Gasteiger partial charge >= 0.3 is 0 Å². The normalized spacial score (nSPS) is 17.4. The number of para-hydroxylation sites is 1. The van der Waals surface area contributed by atoms with Crippen LogP contribution in [-0.2, 0) is 9.59 Å². The van der Waals surface area contributed by atoms with E-state index in [1.54, 1.807) is 60.7 Å². The third kappa shape index (κ3) is 3.54. The van der Waals surface area contributed by atoms with Gasteiger partial charge in [-0.25, -0.2) is 0 Å². The summed E-state index contributed by atoms with van der Waals surface area (Å²) in [5, 5.41) is 21.3. The van der Waals surface area contributed by atoms with Crippen molar-refractivity contribution in [2.45, 2.75) is 6.04 Å².